The van der Waals surface area contributed by atoms with Crippen molar-refractivity contribution in [2.24, 2.45) is 5.92 Å². The SMILES string of the molecule is CCOC(=O)c1csc(NCCNC(=O)C2CC2)n1. The number of hydrogen-bond donors (Lipinski definition) is 2. The number of nitrogens with one attached hydrogen (secondary N) is 2. The van der Waals surface area contributed by atoms with Gasteiger partial charge in [-0.05, 0) is 19.8 Å². The van der Waals surface area contributed by atoms with Gasteiger partial charge in [-0.3, -0.25) is 4.79 Å². The van der Waals surface area contributed by atoms with Crippen LogP contribution in [0, 0.1) is 5.92 Å². The molecule has 104 valence electrons. The largest absolute Gasteiger partial charge is 0.461 e. The van der Waals surface area contributed by atoms with Gasteiger partial charge in [-0.25, -0.2) is 9.78 Å². The lowest BCUT2D eigenvalue weighted by atomic mass is 10.4. The maximum absolute atomic E-state index is 11.4. The molecule has 1 saturated carbocycles. The fourth-order valence-electron chi connectivity index (χ4n) is 1.50. The Labute approximate surface area is 115 Å². The number of carbonyl (C=O) groups is 2. The number of rotatable bonds is 7. The second-order valence-electron chi connectivity index (χ2n) is 4.25. The van der Waals surface area contributed by atoms with Crippen molar-refractivity contribution in [3.05, 3.63) is 11.1 Å². The molecule has 7 heteroatoms. The van der Waals surface area contributed by atoms with Crippen LogP contribution in [0.4, 0.5) is 5.13 Å². The van der Waals surface area contributed by atoms with Crippen LogP contribution in [0.2, 0.25) is 0 Å². The molecular formula is C12H17N3O3S. The third-order valence-corrected chi connectivity index (χ3v) is 3.44. The summed E-state index contributed by atoms with van der Waals surface area (Å²) >= 11 is 1.35. The Balaban J connectivity index is 1.68. The molecule has 1 fully saturated rings. The maximum atomic E-state index is 11.4. The summed E-state index contributed by atoms with van der Waals surface area (Å²) in [6.45, 7) is 3.25. The van der Waals surface area contributed by atoms with Crippen LogP contribution in [-0.2, 0) is 9.53 Å². The number of thiazole rings is 1. The van der Waals surface area contributed by atoms with Gasteiger partial charge in [0.15, 0.2) is 10.8 Å². The first-order chi connectivity index (χ1) is 9.20. The molecule has 6 nitrogen and oxygen atoms in total. The molecule has 2 N–H and O–H groups in total. The van der Waals surface area contributed by atoms with Crippen LogP contribution in [-0.4, -0.2) is 36.6 Å². The lowest BCUT2D eigenvalue weighted by molar-refractivity contribution is -0.122. The Morgan fingerprint density at radius 1 is 1.47 bits per heavy atom. The van der Waals surface area contributed by atoms with Crippen LogP contribution < -0.4 is 10.6 Å². The fraction of sp³-hybridized carbons (Fsp3) is 0.583. The van der Waals surface area contributed by atoms with Gasteiger partial charge in [0.1, 0.15) is 0 Å². The summed E-state index contributed by atoms with van der Waals surface area (Å²) in [5, 5.41) is 8.22. The van der Waals surface area contributed by atoms with Gasteiger partial charge >= 0.3 is 5.97 Å². The van der Waals surface area contributed by atoms with Gasteiger partial charge in [0.05, 0.1) is 6.61 Å². The molecule has 1 aliphatic carbocycles. The first-order valence-corrected chi connectivity index (χ1v) is 7.23. The van der Waals surface area contributed by atoms with E-state index in [9.17, 15) is 9.59 Å². The lowest BCUT2D eigenvalue weighted by Crippen LogP contribution is -2.29. The third kappa shape index (κ3) is 4.20. The molecule has 0 spiro atoms. The first-order valence-electron chi connectivity index (χ1n) is 6.35. The predicted octanol–water partition coefficient (Wildman–Crippen LogP) is 1.26. The minimum absolute atomic E-state index is 0.133. The van der Waals surface area contributed by atoms with Gasteiger partial charge in [0.25, 0.3) is 0 Å². The molecule has 0 atom stereocenters. The average molecular weight is 283 g/mol. The summed E-state index contributed by atoms with van der Waals surface area (Å²) in [6.07, 6.45) is 2.02. The Kier molecular flexibility index (Phi) is 4.73. The molecule has 2 rings (SSSR count). The van der Waals surface area contributed by atoms with Gasteiger partial charge in [0, 0.05) is 24.4 Å². The van der Waals surface area contributed by atoms with Crippen LogP contribution in [0.3, 0.4) is 0 Å². The van der Waals surface area contributed by atoms with Gasteiger partial charge in [-0.2, -0.15) is 0 Å². The van der Waals surface area contributed by atoms with Crippen LogP contribution in [0.25, 0.3) is 0 Å². The van der Waals surface area contributed by atoms with E-state index in [1.165, 1.54) is 11.3 Å². The standard InChI is InChI=1S/C12H17N3O3S/c1-2-18-11(17)9-7-19-12(15-9)14-6-5-13-10(16)8-3-4-8/h7-8H,2-6H2,1H3,(H,13,16)(H,14,15). The van der Waals surface area contributed by atoms with Crippen molar-refractivity contribution < 1.29 is 14.3 Å². The highest BCUT2D eigenvalue weighted by atomic mass is 32.1. The van der Waals surface area contributed by atoms with E-state index in [0.29, 0.717) is 30.5 Å². The molecule has 0 aromatic carbocycles. The van der Waals surface area contributed by atoms with E-state index in [2.05, 4.69) is 15.6 Å². The molecular weight excluding hydrogens is 266 g/mol. The van der Waals surface area contributed by atoms with Gasteiger partial charge in [-0.1, -0.05) is 0 Å². The number of ether oxygens (including phenoxy) is 1. The van der Waals surface area contributed by atoms with Gasteiger partial charge < -0.3 is 15.4 Å². The number of esters is 1. The van der Waals surface area contributed by atoms with Gasteiger partial charge in [-0.15, -0.1) is 11.3 Å². The van der Waals surface area contributed by atoms with Crippen molar-refractivity contribution in [3.63, 3.8) is 0 Å². The Bertz CT molecular complexity index is 457. The maximum Gasteiger partial charge on any atom is 0.357 e. The monoisotopic (exact) mass is 283 g/mol. The minimum atomic E-state index is -0.408. The number of carbonyl (C=O) groups excluding carboxylic acids is 2. The zero-order valence-electron chi connectivity index (χ0n) is 10.8. The molecule has 0 bridgehead atoms. The Hall–Kier alpha value is -1.63. The third-order valence-electron chi connectivity index (χ3n) is 2.64. The smallest absolute Gasteiger partial charge is 0.357 e. The van der Waals surface area contributed by atoms with Gasteiger partial charge in [0.2, 0.25) is 5.91 Å². The van der Waals surface area contributed by atoms with Crippen molar-refractivity contribution in [1.29, 1.82) is 0 Å². The van der Waals surface area contributed by atoms with Crippen molar-refractivity contribution in [2.45, 2.75) is 19.8 Å². The number of amides is 1. The zero-order chi connectivity index (χ0) is 13.7. The molecule has 1 aliphatic rings. The fourth-order valence-corrected chi connectivity index (χ4v) is 2.21. The molecule has 1 heterocycles. The normalized spacial score (nSPS) is 13.9. The molecule has 0 aliphatic heterocycles. The molecule has 0 saturated heterocycles. The Morgan fingerprint density at radius 3 is 2.95 bits per heavy atom. The van der Waals surface area contributed by atoms with Crippen molar-refractivity contribution in [1.82, 2.24) is 10.3 Å². The summed E-state index contributed by atoms with van der Waals surface area (Å²) in [5.41, 5.74) is 0.316. The van der Waals surface area contributed by atoms with Crippen LogP contribution in [0.15, 0.2) is 5.38 Å². The lowest BCUT2D eigenvalue weighted by Gasteiger charge is -2.04. The van der Waals surface area contributed by atoms with Crippen LogP contribution >= 0.6 is 11.3 Å². The second-order valence-corrected chi connectivity index (χ2v) is 5.11. The molecule has 0 unspecified atom stereocenters. The second kappa shape index (κ2) is 6.51. The van der Waals surface area contributed by atoms with E-state index in [4.69, 9.17) is 4.74 Å². The highest BCUT2D eigenvalue weighted by Gasteiger charge is 2.28. The predicted molar refractivity (Wildman–Crippen MR) is 72.3 cm³/mol. The van der Waals surface area contributed by atoms with Crippen molar-refractivity contribution in [2.75, 3.05) is 25.0 Å². The first kappa shape index (κ1) is 13.8. The molecule has 1 amide bonds. The highest BCUT2D eigenvalue weighted by Crippen LogP contribution is 2.28. The molecule has 0 radical (unpaired) electrons. The summed E-state index contributed by atoms with van der Waals surface area (Å²) in [4.78, 5) is 26.9. The van der Waals surface area contributed by atoms with E-state index in [1.807, 2.05) is 0 Å². The number of aromatic nitrogens is 1. The molecule has 19 heavy (non-hydrogen) atoms. The summed E-state index contributed by atoms with van der Waals surface area (Å²) in [6, 6.07) is 0. The summed E-state index contributed by atoms with van der Waals surface area (Å²) in [5.74, 6) is -0.0442. The van der Waals surface area contributed by atoms with E-state index < -0.39 is 5.97 Å². The summed E-state index contributed by atoms with van der Waals surface area (Å²) < 4.78 is 4.85. The number of hydrogen-bond acceptors (Lipinski definition) is 6. The van der Waals surface area contributed by atoms with E-state index in [-0.39, 0.29) is 11.8 Å². The number of anilines is 1. The molecule has 1 aromatic heterocycles. The summed E-state index contributed by atoms with van der Waals surface area (Å²) in [7, 11) is 0. The topological polar surface area (TPSA) is 80.3 Å². The number of nitrogens with zero attached hydrogens (tertiary/aromatic N) is 1. The van der Waals surface area contributed by atoms with Crippen LogP contribution in [0.1, 0.15) is 30.3 Å². The van der Waals surface area contributed by atoms with Crippen LogP contribution in [0.5, 0.6) is 0 Å². The molecule has 1 aromatic rings. The van der Waals surface area contributed by atoms with Crippen molar-refractivity contribution in [3.8, 4) is 0 Å². The average Bonchev–Trinajstić information content (AvgIpc) is 3.14. The minimum Gasteiger partial charge on any atom is -0.461 e. The van der Waals surface area contributed by atoms with E-state index >= 15 is 0 Å². The van der Waals surface area contributed by atoms with Crippen molar-refractivity contribution >= 4 is 28.3 Å². The highest BCUT2D eigenvalue weighted by molar-refractivity contribution is 7.13. The van der Waals surface area contributed by atoms with E-state index in [0.717, 1.165) is 12.8 Å². The zero-order valence-corrected chi connectivity index (χ0v) is 11.6. The van der Waals surface area contributed by atoms with E-state index in [1.54, 1.807) is 12.3 Å². The quantitative estimate of drug-likeness (QED) is 0.581. The Morgan fingerprint density at radius 2 is 2.26 bits per heavy atom.